The minimum atomic E-state index is -0.288. The van der Waals surface area contributed by atoms with E-state index in [9.17, 15) is 9.18 Å². The van der Waals surface area contributed by atoms with Crippen molar-refractivity contribution in [2.75, 3.05) is 5.75 Å². The smallest absolute Gasteiger partial charge is 0.230 e. The first kappa shape index (κ1) is 16.6. The van der Waals surface area contributed by atoms with E-state index in [1.54, 1.807) is 18.2 Å². The minimum Gasteiger partial charge on any atom is -0.348 e. The Kier molecular flexibility index (Phi) is 6.01. The molecular formula is C18H20FNOS. The lowest BCUT2D eigenvalue weighted by Gasteiger charge is -2.23. The maximum Gasteiger partial charge on any atom is 0.230 e. The van der Waals surface area contributed by atoms with Crippen molar-refractivity contribution in [1.29, 1.82) is 0 Å². The second-order valence-corrected chi connectivity index (χ2v) is 6.44. The van der Waals surface area contributed by atoms with Gasteiger partial charge in [-0.3, -0.25) is 4.79 Å². The number of benzene rings is 2. The van der Waals surface area contributed by atoms with Crippen molar-refractivity contribution < 1.29 is 9.18 Å². The Balaban J connectivity index is 1.96. The number of thioether (sulfide) groups is 1. The van der Waals surface area contributed by atoms with E-state index in [1.165, 1.54) is 17.8 Å². The molecule has 2 nitrogen and oxygen atoms in total. The molecule has 0 saturated carbocycles. The standard InChI is InChI=1S/C18H20FNOS/c1-13(2)18(14-8-4-3-5-9-14)20-17(21)12-22-16-11-7-6-10-15(16)19/h3-11,13,18H,12H2,1-2H3,(H,20,21). The molecule has 0 heterocycles. The van der Waals surface area contributed by atoms with E-state index in [4.69, 9.17) is 0 Å². The molecule has 22 heavy (non-hydrogen) atoms. The van der Waals surface area contributed by atoms with Gasteiger partial charge >= 0.3 is 0 Å². The highest BCUT2D eigenvalue weighted by Crippen LogP contribution is 2.23. The maximum atomic E-state index is 13.5. The van der Waals surface area contributed by atoms with Gasteiger partial charge in [-0.25, -0.2) is 4.39 Å². The molecule has 0 saturated heterocycles. The summed E-state index contributed by atoms with van der Waals surface area (Å²) in [5, 5.41) is 3.04. The Morgan fingerprint density at radius 2 is 1.73 bits per heavy atom. The molecule has 0 aliphatic heterocycles. The Morgan fingerprint density at radius 1 is 1.09 bits per heavy atom. The minimum absolute atomic E-state index is 0.0325. The van der Waals surface area contributed by atoms with Gasteiger partial charge in [0.1, 0.15) is 5.82 Å². The van der Waals surface area contributed by atoms with Crippen LogP contribution in [0.4, 0.5) is 4.39 Å². The molecule has 4 heteroatoms. The van der Waals surface area contributed by atoms with Crippen LogP contribution in [-0.4, -0.2) is 11.7 Å². The molecule has 0 aromatic heterocycles. The summed E-state index contributed by atoms with van der Waals surface area (Å²) in [4.78, 5) is 12.7. The summed E-state index contributed by atoms with van der Waals surface area (Å²) in [5.74, 6) is 0.112. The topological polar surface area (TPSA) is 29.1 Å². The third-order valence-corrected chi connectivity index (χ3v) is 4.39. The molecule has 0 radical (unpaired) electrons. The number of hydrogen-bond donors (Lipinski definition) is 1. The quantitative estimate of drug-likeness (QED) is 0.799. The SMILES string of the molecule is CC(C)C(NC(=O)CSc1ccccc1F)c1ccccc1. The number of carbonyl (C=O) groups is 1. The van der Waals surface area contributed by atoms with Crippen molar-refractivity contribution in [3.8, 4) is 0 Å². The van der Waals surface area contributed by atoms with Crippen LogP contribution in [0.15, 0.2) is 59.5 Å². The second kappa shape index (κ2) is 7.99. The van der Waals surface area contributed by atoms with E-state index in [0.29, 0.717) is 4.90 Å². The van der Waals surface area contributed by atoms with Crippen LogP contribution in [0, 0.1) is 11.7 Å². The molecule has 0 bridgehead atoms. The predicted molar refractivity (Wildman–Crippen MR) is 89.3 cm³/mol. The molecule has 2 rings (SSSR count). The molecule has 0 fully saturated rings. The maximum absolute atomic E-state index is 13.5. The van der Waals surface area contributed by atoms with Gasteiger partial charge in [0.25, 0.3) is 0 Å². The average molecular weight is 317 g/mol. The summed E-state index contributed by atoms with van der Waals surface area (Å²) in [6, 6.07) is 16.4. The number of carbonyl (C=O) groups excluding carboxylic acids is 1. The highest BCUT2D eigenvalue weighted by molar-refractivity contribution is 8.00. The fraction of sp³-hybridized carbons (Fsp3) is 0.278. The van der Waals surface area contributed by atoms with Crippen molar-refractivity contribution in [3.63, 3.8) is 0 Å². The summed E-state index contributed by atoms with van der Waals surface area (Å²) in [5.41, 5.74) is 1.08. The zero-order chi connectivity index (χ0) is 15.9. The van der Waals surface area contributed by atoms with E-state index in [2.05, 4.69) is 19.2 Å². The first-order valence-corrected chi connectivity index (χ1v) is 8.28. The molecule has 2 aromatic rings. The van der Waals surface area contributed by atoms with Gasteiger partial charge in [0, 0.05) is 4.90 Å². The fourth-order valence-electron chi connectivity index (χ4n) is 2.22. The molecule has 1 amide bonds. The fourth-order valence-corrected chi connectivity index (χ4v) is 2.97. The van der Waals surface area contributed by atoms with Gasteiger partial charge < -0.3 is 5.32 Å². The van der Waals surface area contributed by atoms with Crippen molar-refractivity contribution in [3.05, 3.63) is 66.0 Å². The lowest BCUT2D eigenvalue weighted by atomic mass is 9.96. The van der Waals surface area contributed by atoms with Crippen LogP contribution < -0.4 is 5.32 Å². The van der Waals surface area contributed by atoms with E-state index in [-0.39, 0.29) is 29.4 Å². The third-order valence-electron chi connectivity index (χ3n) is 3.34. The van der Waals surface area contributed by atoms with E-state index in [0.717, 1.165) is 5.56 Å². The average Bonchev–Trinajstić information content (AvgIpc) is 2.52. The summed E-state index contributed by atoms with van der Waals surface area (Å²) >= 11 is 1.22. The van der Waals surface area contributed by atoms with Crippen molar-refractivity contribution in [1.82, 2.24) is 5.32 Å². The van der Waals surface area contributed by atoms with Gasteiger partial charge in [0.2, 0.25) is 5.91 Å². The molecule has 116 valence electrons. The lowest BCUT2D eigenvalue weighted by molar-refractivity contribution is -0.119. The van der Waals surface area contributed by atoms with Crippen LogP contribution in [0.25, 0.3) is 0 Å². The zero-order valence-corrected chi connectivity index (χ0v) is 13.6. The highest BCUT2D eigenvalue weighted by Gasteiger charge is 2.18. The van der Waals surface area contributed by atoms with E-state index >= 15 is 0 Å². The first-order chi connectivity index (χ1) is 10.6. The Labute approximate surface area is 135 Å². The van der Waals surface area contributed by atoms with Crippen molar-refractivity contribution in [2.45, 2.75) is 24.8 Å². The van der Waals surface area contributed by atoms with Crippen molar-refractivity contribution >= 4 is 17.7 Å². The van der Waals surface area contributed by atoms with Gasteiger partial charge in [-0.15, -0.1) is 11.8 Å². The molecule has 2 aromatic carbocycles. The molecular weight excluding hydrogens is 297 g/mol. The Morgan fingerprint density at radius 3 is 2.36 bits per heavy atom. The molecule has 0 spiro atoms. The highest BCUT2D eigenvalue weighted by atomic mass is 32.2. The van der Waals surface area contributed by atoms with Crippen LogP contribution >= 0.6 is 11.8 Å². The van der Waals surface area contributed by atoms with Crippen LogP contribution in [0.5, 0.6) is 0 Å². The van der Waals surface area contributed by atoms with Gasteiger partial charge in [-0.2, -0.15) is 0 Å². The second-order valence-electron chi connectivity index (χ2n) is 5.42. The number of rotatable bonds is 6. The molecule has 1 atom stereocenters. The lowest BCUT2D eigenvalue weighted by Crippen LogP contribution is -2.32. The van der Waals surface area contributed by atoms with E-state index in [1.807, 2.05) is 30.3 Å². The van der Waals surface area contributed by atoms with Crippen LogP contribution in [0.2, 0.25) is 0 Å². The van der Waals surface area contributed by atoms with E-state index < -0.39 is 0 Å². The van der Waals surface area contributed by atoms with Gasteiger partial charge in [0.15, 0.2) is 0 Å². The molecule has 0 aliphatic carbocycles. The predicted octanol–water partition coefficient (Wildman–Crippen LogP) is 4.43. The number of amides is 1. The van der Waals surface area contributed by atoms with Gasteiger partial charge in [-0.1, -0.05) is 56.3 Å². The Hall–Kier alpha value is -1.81. The largest absolute Gasteiger partial charge is 0.348 e. The van der Waals surface area contributed by atoms with Gasteiger partial charge in [0.05, 0.1) is 11.8 Å². The molecule has 1 unspecified atom stereocenters. The number of nitrogens with one attached hydrogen (secondary N) is 1. The van der Waals surface area contributed by atoms with Crippen LogP contribution in [0.3, 0.4) is 0 Å². The normalized spacial score (nSPS) is 12.2. The molecule has 0 aliphatic rings. The van der Waals surface area contributed by atoms with Crippen LogP contribution in [-0.2, 0) is 4.79 Å². The van der Waals surface area contributed by atoms with Gasteiger partial charge in [-0.05, 0) is 23.6 Å². The van der Waals surface area contributed by atoms with Crippen LogP contribution in [0.1, 0.15) is 25.5 Å². The third kappa shape index (κ3) is 4.60. The summed E-state index contributed by atoms with van der Waals surface area (Å²) in [6.45, 7) is 4.14. The summed E-state index contributed by atoms with van der Waals surface area (Å²) in [7, 11) is 0. The summed E-state index contributed by atoms with van der Waals surface area (Å²) in [6.07, 6.45) is 0. The monoisotopic (exact) mass is 317 g/mol. The Bertz CT molecular complexity index is 615. The summed E-state index contributed by atoms with van der Waals surface area (Å²) < 4.78 is 13.5. The van der Waals surface area contributed by atoms with Crippen molar-refractivity contribution in [2.24, 2.45) is 5.92 Å². The first-order valence-electron chi connectivity index (χ1n) is 7.29. The number of hydrogen-bond acceptors (Lipinski definition) is 2. The zero-order valence-electron chi connectivity index (χ0n) is 12.8. The number of halogens is 1. The molecule has 1 N–H and O–H groups in total.